The Balaban J connectivity index is 1.57. The van der Waals surface area contributed by atoms with Crippen molar-refractivity contribution in [3.05, 3.63) is 26.6 Å². The molecule has 2 heterocycles. The molecule has 2 aromatic heterocycles. The van der Waals surface area contributed by atoms with Gasteiger partial charge in [-0.2, -0.15) is 17.0 Å². The van der Waals surface area contributed by atoms with E-state index in [1.807, 2.05) is 6.92 Å². The maximum absolute atomic E-state index is 12.5. The monoisotopic (exact) mass is 404 g/mol. The molecular formula is C19H24N4O2S2. The molecule has 6 nitrogen and oxygen atoms in total. The fourth-order valence-electron chi connectivity index (χ4n) is 3.30. The summed E-state index contributed by atoms with van der Waals surface area (Å²) in [6.07, 6.45) is 5.12. The molecule has 1 atom stereocenters. The van der Waals surface area contributed by atoms with Crippen LogP contribution in [0.1, 0.15) is 48.9 Å². The number of nitrogens with zero attached hydrogens (tertiary/aromatic N) is 3. The van der Waals surface area contributed by atoms with Crippen LogP contribution in [-0.2, 0) is 23.4 Å². The maximum atomic E-state index is 12.5. The summed E-state index contributed by atoms with van der Waals surface area (Å²) >= 11 is 3.25. The standard InChI is InChI=1S/C19H24N4O2S2/c1-12(7-9-20)23(2)16(24)8-10-26-11-15-21-18(25)17-13-5-3-4-6-14(13)27-19(17)22-15/h12H,3-8,10-11H2,1-2H3,(H,21,22,25). The molecule has 3 rings (SSSR count). The lowest BCUT2D eigenvalue weighted by atomic mass is 9.97. The minimum Gasteiger partial charge on any atom is -0.342 e. The summed E-state index contributed by atoms with van der Waals surface area (Å²) in [7, 11) is 1.74. The zero-order chi connectivity index (χ0) is 19.4. The number of aromatic nitrogens is 2. The number of thiophene rings is 1. The minimum absolute atomic E-state index is 0.0314. The molecule has 0 radical (unpaired) electrons. The van der Waals surface area contributed by atoms with E-state index in [4.69, 9.17) is 5.26 Å². The number of hydrogen-bond acceptors (Lipinski definition) is 6. The van der Waals surface area contributed by atoms with E-state index >= 15 is 0 Å². The molecule has 0 spiro atoms. The Labute approximate surface area is 167 Å². The third kappa shape index (κ3) is 4.53. The highest BCUT2D eigenvalue weighted by atomic mass is 32.2. The molecular weight excluding hydrogens is 380 g/mol. The van der Waals surface area contributed by atoms with Crippen LogP contribution >= 0.6 is 23.1 Å². The Hall–Kier alpha value is -1.85. The minimum atomic E-state index is -0.0715. The Morgan fingerprint density at radius 1 is 1.44 bits per heavy atom. The van der Waals surface area contributed by atoms with Crippen LogP contribution in [0.5, 0.6) is 0 Å². The summed E-state index contributed by atoms with van der Waals surface area (Å²) in [5.74, 6) is 1.95. The number of rotatable bonds is 7. The number of aromatic amines is 1. The number of nitriles is 1. The molecule has 0 fully saturated rings. The fourth-order valence-corrected chi connectivity index (χ4v) is 5.37. The smallest absolute Gasteiger partial charge is 0.259 e. The van der Waals surface area contributed by atoms with Crippen molar-refractivity contribution in [1.82, 2.24) is 14.9 Å². The van der Waals surface area contributed by atoms with Crippen molar-refractivity contribution < 1.29 is 4.79 Å². The summed E-state index contributed by atoms with van der Waals surface area (Å²) in [6.45, 7) is 1.87. The number of aryl methyl sites for hydroxylation is 2. The van der Waals surface area contributed by atoms with Crippen molar-refractivity contribution in [3.63, 3.8) is 0 Å². The second kappa shape index (κ2) is 8.89. The maximum Gasteiger partial charge on any atom is 0.259 e. The lowest BCUT2D eigenvalue weighted by Gasteiger charge is -2.22. The zero-order valence-electron chi connectivity index (χ0n) is 15.7. The molecule has 2 aromatic rings. The molecule has 0 aromatic carbocycles. The fraction of sp³-hybridized carbons (Fsp3) is 0.579. The first-order valence-corrected chi connectivity index (χ1v) is 11.2. The van der Waals surface area contributed by atoms with Crippen LogP contribution < -0.4 is 5.56 Å². The first-order valence-electron chi connectivity index (χ1n) is 9.25. The molecule has 1 amide bonds. The molecule has 0 bridgehead atoms. The normalized spacial score (nSPS) is 14.6. The molecule has 1 N–H and O–H groups in total. The van der Waals surface area contributed by atoms with E-state index < -0.39 is 0 Å². The van der Waals surface area contributed by atoms with Gasteiger partial charge < -0.3 is 9.88 Å². The molecule has 8 heteroatoms. The van der Waals surface area contributed by atoms with Crippen LogP contribution in [0.4, 0.5) is 0 Å². The lowest BCUT2D eigenvalue weighted by molar-refractivity contribution is -0.131. The van der Waals surface area contributed by atoms with Crippen molar-refractivity contribution in [2.45, 2.75) is 57.2 Å². The number of carbonyl (C=O) groups excluding carboxylic acids is 1. The Morgan fingerprint density at radius 2 is 2.22 bits per heavy atom. The Bertz CT molecular complexity index is 928. The lowest BCUT2D eigenvalue weighted by Crippen LogP contribution is -2.34. The van der Waals surface area contributed by atoms with Gasteiger partial charge in [-0.05, 0) is 38.2 Å². The third-order valence-electron chi connectivity index (χ3n) is 5.01. The summed E-state index contributed by atoms with van der Waals surface area (Å²) in [5, 5.41) is 9.52. The van der Waals surface area contributed by atoms with Gasteiger partial charge in [0.2, 0.25) is 5.91 Å². The Kier molecular flexibility index (Phi) is 6.55. The van der Waals surface area contributed by atoms with Gasteiger partial charge in [0.15, 0.2) is 0 Å². The second-order valence-electron chi connectivity index (χ2n) is 6.92. The third-order valence-corrected chi connectivity index (χ3v) is 7.17. The van der Waals surface area contributed by atoms with Gasteiger partial charge in [0.05, 0.1) is 23.6 Å². The number of carbonyl (C=O) groups is 1. The highest BCUT2D eigenvalue weighted by Gasteiger charge is 2.20. The van der Waals surface area contributed by atoms with Gasteiger partial charge in [0.25, 0.3) is 5.56 Å². The van der Waals surface area contributed by atoms with E-state index in [-0.39, 0.29) is 17.5 Å². The highest BCUT2D eigenvalue weighted by Crippen LogP contribution is 2.33. The predicted molar refractivity (Wildman–Crippen MR) is 110 cm³/mol. The van der Waals surface area contributed by atoms with E-state index in [1.165, 1.54) is 16.9 Å². The summed E-state index contributed by atoms with van der Waals surface area (Å²) in [5.41, 5.74) is 1.17. The van der Waals surface area contributed by atoms with Crippen molar-refractivity contribution in [2.24, 2.45) is 0 Å². The molecule has 0 aliphatic heterocycles. The van der Waals surface area contributed by atoms with E-state index in [0.29, 0.717) is 30.2 Å². The molecule has 0 saturated carbocycles. The Morgan fingerprint density at radius 3 is 3.00 bits per heavy atom. The van der Waals surface area contributed by atoms with Crippen LogP contribution in [0.2, 0.25) is 0 Å². The number of hydrogen-bond donors (Lipinski definition) is 1. The average Bonchev–Trinajstić information content (AvgIpc) is 3.03. The number of H-pyrrole nitrogens is 1. The van der Waals surface area contributed by atoms with Gasteiger partial charge in [-0.1, -0.05) is 0 Å². The van der Waals surface area contributed by atoms with E-state index in [1.54, 1.807) is 35.0 Å². The van der Waals surface area contributed by atoms with E-state index in [0.717, 1.165) is 29.5 Å². The molecule has 27 heavy (non-hydrogen) atoms. The topological polar surface area (TPSA) is 89.8 Å². The highest BCUT2D eigenvalue weighted by molar-refractivity contribution is 7.98. The van der Waals surface area contributed by atoms with Gasteiger partial charge >= 0.3 is 0 Å². The molecule has 1 aliphatic carbocycles. The van der Waals surface area contributed by atoms with Crippen molar-refractivity contribution >= 4 is 39.2 Å². The van der Waals surface area contributed by atoms with E-state index in [2.05, 4.69) is 16.0 Å². The summed E-state index contributed by atoms with van der Waals surface area (Å²) in [4.78, 5) is 36.0. The SMILES string of the molecule is CC(CC#N)N(C)C(=O)CCSCc1nc2sc3c(c2c(=O)[nH]1)CCCC3. The first kappa shape index (κ1) is 19.9. The van der Waals surface area contributed by atoms with Crippen LogP contribution in [-0.4, -0.2) is 39.6 Å². The van der Waals surface area contributed by atoms with Crippen LogP contribution in [0.25, 0.3) is 10.2 Å². The van der Waals surface area contributed by atoms with Gasteiger partial charge in [-0.25, -0.2) is 4.98 Å². The van der Waals surface area contributed by atoms with Crippen LogP contribution in [0, 0.1) is 11.3 Å². The molecule has 1 aliphatic rings. The van der Waals surface area contributed by atoms with E-state index in [9.17, 15) is 9.59 Å². The van der Waals surface area contributed by atoms with Gasteiger partial charge in [0, 0.05) is 30.1 Å². The van der Waals surface area contributed by atoms with Gasteiger partial charge in [0.1, 0.15) is 10.7 Å². The molecule has 0 saturated heterocycles. The molecule has 144 valence electrons. The summed E-state index contributed by atoms with van der Waals surface area (Å²) in [6, 6.07) is 2.02. The van der Waals surface area contributed by atoms with Gasteiger partial charge in [-0.3, -0.25) is 9.59 Å². The number of amides is 1. The van der Waals surface area contributed by atoms with Crippen molar-refractivity contribution in [1.29, 1.82) is 5.26 Å². The quantitative estimate of drug-likeness (QED) is 0.716. The largest absolute Gasteiger partial charge is 0.342 e. The molecule has 1 unspecified atom stereocenters. The number of fused-ring (bicyclic) bond motifs is 3. The predicted octanol–water partition coefficient (Wildman–Crippen LogP) is 3.25. The van der Waals surface area contributed by atoms with Crippen LogP contribution in [0.3, 0.4) is 0 Å². The van der Waals surface area contributed by atoms with Crippen LogP contribution in [0.15, 0.2) is 4.79 Å². The van der Waals surface area contributed by atoms with Crippen molar-refractivity contribution in [2.75, 3.05) is 12.8 Å². The zero-order valence-corrected chi connectivity index (χ0v) is 17.3. The number of nitrogens with one attached hydrogen (secondary N) is 1. The first-order chi connectivity index (χ1) is 13.0. The van der Waals surface area contributed by atoms with Gasteiger partial charge in [-0.15, -0.1) is 11.3 Å². The average molecular weight is 405 g/mol. The van der Waals surface area contributed by atoms with Crippen molar-refractivity contribution in [3.8, 4) is 6.07 Å². The number of thioether (sulfide) groups is 1. The second-order valence-corrected chi connectivity index (χ2v) is 9.11. The summed E-state index contributed by atoms with van der Waals surface area (Å²) < 4.78 is 0.